The summed E-state index contributed by atoms with van der Waals surface area (Å²) in [4.78, 5) is 17.6. The van der Waals surface area contributed by atoms with Gasteiger partial charge in [-0.25, -0.2) is 14.0 Å². The lowest BCUT2D eigenvalue weighted by molar-refractivity contribution is -0.178. The Bertz CT molecular complexity index is 1940. The normalized spacial score (nSPS) is 19.9. The molecule has 11 heteroatoms. The van der Waals surface area contributed by atoms with Crippen LogP contribution in [0, 0.1) is 13.8 Å². The number of ether oxygens (including phenoxy) is 3. The van der Waals surface area contributed by atoms with Crippen LogP contribution in [0.4, 0.5) is 11.4 Å². The Kier molecular flexibility index (Phi) is 9.69. The molecule has 0 radical (unpaired) electrons. The Balaban J connectivity index is 0.928. The molecular formula is C39H45N7O4. The first-order valence-corrected chi connectivity index (χ1v) is 17.5. The van der Waals surface area contributed by atoms with E-state index in [1.807, 2.05) is 37.3 Å². The van der Waals surface area contributed by atoms with Gasteiger partial charge < -0.3 is 24.0 Å². The standard InChI is InChI=1S/C39H45N7O4/c1-5-30(4)46-38(47)45(27-42-46)35-10-8-33(9-11-35)43-18-20-44(21-19-43)34-12-14-36(15-13-34)48-25-37-26-49-39(50-37,23-31-16-17-40-41-24-31)32-7-6-28(2)29(3)22-32/h6-17,22,24,27,30,37H,5,18-21,23,25-26H2,1-4H3/t30?,37-,39-/m1/s1. The van der Waals surface area contributed by atoms with Crippen LogP contribution in [0.25, 0.3) is 5.69 Å². The maximum atomic E-state index is 12.8. The minimum Gasteiger partial charge on any atom is -0.491 e. The van der Waals surface area contributed by atoms with E-state index in [1.165, 1.54) is 16.8 Å². The first kappa shape index (κ1) is 33.5. The van der Waals surface area contributed by atoms with Crippen LogP contribution in [-0.2, 0) is 21.7 Å². The second-order valence-electron chi connectivity index (χ2n) is 13.3. The van der Waals surface area contributed by atoms with Crippen molar-refractivity contribution in [1.82, 2.24) is 24.5 Å². The van der Waals surface area contributed by atoms with Crippen molar-refractivity contribution in [3.8, 4) is 11.4 Å². The van der Waals surface area contributed by atoms with Gasteiger partial charge in [-0.2, -0.15) is 15.3 Å². The SMILES string of the molecule is CCC(C)n1ncn(-c2ccc(N3CCN(c4ccc(OC[C@@H]5CO[C@@](Cc6ccnnc6)(c6ccc(C)c(C)c6)O5)cc4)CC3)cc2)c1=O. The van der Waals surface area contributed by atoms with Crippen LogP contribution in [0.1, 0.15) is 48.6 Å². The van der Waals surface area contributed by atoms with Gasteiger partial charge in [0.05, 0.1) is 24.5 Å². The van der Waals surface area contributed by atoms with Gasteiger partial charge in [-0.15, -0.1) is 0 Å². The number of hydrogen-bond donors (Lipinski definition) is 0. The average molecular weight is 676 g/mol. The number of piperazine rings is 1. The molecule has 4 heterocycles. The Hall–Kier alpha value is -5.00. The predicted octanol–water partition coefficient (Wildman–Crippen LogP) is 5.63. The van der Waals surface area contributed by atoms with Crippen LogP contribution in [-0.4, -0.2) is 70.0 Å². The molecule has 7 rings (SSSR count). The molecule has 2 saturated heterocycles. The van der Waals surface area contributed by atoms with Crippen molar-refractivity contribution in [2.45, 2.75) is 58.5 Å². The van der Waals surface area contributed by atoms with Crippen LogP contribution >= 0.6 is 0 Å². The highest BCUT2D eigenvalue weighted by molar-refractivity contribution is 5.54. The molecule has 5 aromatic rings. The molecule has 0 saturated carbocycles. The molecule has 50 heavy (non-hydrogen) atoms. The third kappa shape index (κ3) is 7.01. The first-order chi connectivity index (χ1) is 24.3. The van der Waals surface area contributed by atoms with Crippen LogP contribution in [0.15, 0.2) is 96.3 Å². The van der Waals surface area contributed by atoms with E-state index in [-0.39, 0.29) is 17.8 Å². The summed E-state index contributed by atoms with van der Waals surface area (Å²) in [6, 6.07) is 24.8. The molecule has 3 atom stereocenters. The largest absolute Gasteiger partial charge is 0.491 e. The minimum atomic E-state index is -0.916. The fourth-order valence-electron chi connectivity index (χ4n) is 6.62. The highest BCUT2D eigenvalue weighted by Gasteiger charge is 2.44. The van der Waals surface area contributed by atoms with Crippen molar-refractivity contribution >= 4 is 11.4 Å². The summed E-state index contributed by atoms with van der Waals surface area (Å²) in [7, 11) is 0. The Morgan fingerprint density at radius 1 is 0.880 bits per heavy atom. The topological polar surface area (TPSA) is 99.8 Å². The van der Waals surface area contributed by atoms with Gasteiger partial charge in [-0.1, -0.05) is 25.1 Å². The van der Waals surface area contributed by atoms with Crippen LogP contribution in [0.3, 0.4) is 0 Å². The van der Waals surface area contributed by atoms with Gasteiger partial charge in [-0.05, 0) is 98.5 Å². The lowest BCUT2D eigenvalue weighted by atomic mass is 9.95. The maximum Gasteiger partial charge on any atom is 0.350 e. The van der Waals surface area contributed by atoms with Gasteiger partial charge >= 0.3 is 5.69 Å². The van der Waals surface area contributed by atoms with Crippen molar-refractivity contribution in [1.29, 1.82) is 0 Å². The van der Waals surface area contributed by atoms with Crippen molar-refractivity contribution in [3.63, 3.8) is 0 Å². The Labute approximate surface area is 293 Å². The minimum absolute atomic E-state index is 0.0712. The van der Waals surface area contributed by atoms with Crippen molar-refractivity contribution in [2.24, 2.45) is 0 Å². The second kappa shape index (κ2) is 14.5. The zero-order valence-corrected chi connectivity index (χ0v) is 29.2. The molecule has 0 aliphatic carbocycles. The van der Waals surface area contributed by atoms with Crippen LogP contribution < -0.4 is 20.2 Å². The van der Waals surface area contributed by atoms with E-state index >= 15 is 0 Å². The molecular weight excluding hydrogens is 630 g/mol. The number of rotatable bonds is 11. The van der Waals surface area contributed by atoms with Gasteiger partial charge in [0.25, 0.3) is 0 Å². The lowest BCUT2D eigenvalue weighted by Gasteiger charge is -2.37. The molecule has 0 bridgehead atoms. The summed E-state index contributed by atoms with van der Waals surface area (Å²) in [5, 5.41) is 12.3. The van der Waals surface area contributed by atoms with Gasteiger partial charge in [-0.3, -0.25) is 0 Å². The highest BCUT2D eigenvalue weighted by Crippen LogP contribution is 2.38. The molecule has 3 aromatic carbocycles. The number of nitrogens with zero attached hydrogens (tertiary/aromatic N) is 7. The molecule has 2 aliphatic heterocycles. The first-order valence-electron chi connectivity index (χ1n) is 17.5. The monoisotopic (exact) mass is 675 g/mol. The van der Waals surface area contributed by atoms with E-state index in [0.717, 1.165) is 60.9 Å². The van der Waals surface area contributed by atoms with Gasteiger partial charge in [0.2, 0.25) is 0 Å². The fourth-order valence-corrected chi connectivity index (χ4v) is 6.62. The molecule has 11 nitrogen and oxygen atoms in total. The quantitative estimate of drug-likeness (QED) is 0.177. The maximum absolute atomic E-state index is 12.8. The average Bonchev–Trinajstić information content (AvgIpc) is 3.76. The van der Waals surface area contributed by atoms with Gasteiger partial charge in [0.15, 0.2) is 5.79 Å². The molecule has 2 aromatic heterocycles. The summed E-state index contributed by atoms with van der Waals surface area (Å²) in [6.07, 6.45) is 6.22. The van der Waals surface area contributed by atoms with Crippen LogP contribution in [0.5, 0.6) is 5.75 Å². The van der Waals surface area contributed by atoms with Crippen molar-refractivity contribution in [3.05, 3.63) is 124 Å². The van der Waals surface area contributed by atoms with Gasteiger partial charge in [0.1, 0.15) is 24.8 Å². The van der Waals surface area contributed by atoms with Gasteiger partial charge in [0, 0.05) is 55.7 Å². The fraction of sp³-hybridized carbons (Fsp3) is 0.385. The molecule has 0 spiro atoms. The summed E-state index contributed by atoms with van der Waals surface area (Å²) < 4.78 is 22.4. The van der Waals surface area contributed by atoms with Crippen molar-refractivity contribution < 1.29 is 14.2 Å². The Morgan fingerprint density at radius 3 is 2.20 bits per heavy atom. The zero-order valence-electron chi connectivity index (χ0n) is 29.2. The third-order valence-corrected chi connectivity index (χ3v) is 10.0. The predicted molar refractivity (Wildman–Crippen MR) is 193 cm³/mol. The molecule has 2 fully saturated rings. The zero-order chi connectivity index (χ0) is 34.7. The molecule has 2 aliphatic rings. The molecule has 0 amide bonds. The smallest absolute Gasteiger partial charge is 0.350 e. The van der Waals surface area contributed by atoms with E-state index in [9.17, 15) is 4.79 Å². The number of anilines is 2. The number of benzene rings is 3. The van der Waals surface area contributed by atoms with E-state index in [0.29, 0.717) is 19.6 Å². The summed E-state index contributed by atoms with van der Waals surface area (Å²) in [6.45, 7) is 12.7. The summed E-state index contributed by atoms with van der Waals surface area (Å²) >= 11 is 0. The molecule has 0 N–H and O–H groups in total. The number of aromatic nitrogens is 5. The van der Waals surface area contributed by atoms with E-state index in [1.54, 1.807) is 28.0 Å². The summed E-state index contributed by atoms with van der Waals surface area (Å²) in [5.74, 6) is -0.118. The second-order valence-corrected chi connectivity index (χ2v) is 13.3. The highest BCUT2D eigenvalue weighted by atomic mass is 16.8. The van der Waals surface area contributed by atoms with E-state index in [4.69, 9.17) is 14.2 Å². The molecule has 260 valence electrons. The van der Waals surface area contributed by atoms with E-state index in [2.05, 4.69) is 88.3 Å². The lowest BCUT2D eigenvalue weighted by Crippen LogP contribution is -2.46. The van der Waals surface area contributed by atoms with Crippen LogP contribution in [0.2, 0.25) is 0 Å². The number of aryl methyl sites for hydroxylation is 2. The van der Waals surface area contributed by atoms with Crippen molar-refractivity contribution in [2.75, 3.05) is 49.2 Å². The third-order valence-electron chi connectivity index (χ3n) is 10.0. The Morgan fingerprint density at radius 2 is 1.56 bits per heavy atom. The van der Waals surface area contributed by atoms with E-state index < -0.39 is 5.79 Å². The molecule has 1 unspecified atom stereocenters. The summed E-state index contributed by atoms with van der Waals surface area (Å²) in [5.41, 5.74) is 7.44. The number of hydrogen-bond acceptors (Lipinski definition) is 9.